The standard InChI is InChI=1S/C15H16N4O4/c1-23-14-3-2-12(19(21)22)8-13(14)18-15(20)10-17-9-11-4-6-16-7-5-11/h2-8,17H,9-10H2,1H3,(H,18,20). The van der Waals surface area contributed by atoms with E-state index in [1.807, 2.05) is 12.1 Å². The highest BCUT2D eigenvalue weighted by molar-refractivity contribution is 5.94. The van der Waals surface area contributed by atoms with Crippen molar-refractivity contribution >= 4 is 17.3 Å². The predicted molar refractivity (Wildman–Crippen MR) is 84.2 cm³/mol. The van der Waals surface area contributed by atoms with Gasteiger partial charge in [-0.1, -0.05) is 0 Å². The number of nitro benzene ring substituents is 1. The third-order valence-electron chi connectivity index (χ3n) is 3.03. The van der Waals surface area contributed by atoms with E-state index >= 15 is 0 Å². The zero-order chi connectivity index (χ0) is 16.7. The van der Waals surface area contributed by atoms with Crippen LogP contribution in [0.25, 0.3) is 0 Å². The molecule has 23 heavy (non-hydrogen) atoms. The summed E-state index contributed by atoms with van der Waals surface area (Å²) >= 11 is 0. The lowest BCUT2D eigenvalue weighted by Gasteiger charge is -2.10. The molecule has 0 radical (unpaired) electrons. The summed E-state index contributed by atoms with van der Waals surface area (Å²) in [5.41, 5.74) is 1.14. The molecule has 0 unspecified atom stereocenters. The van der Waals surface area contributed by atoms with Crippen LogP contribution in [-0.4, -0.2) is 29.5 Å². The second-order valence-electron chi connectivity index (χ2n) is 4.65. The lowest BCUT2D eigenvalue weighted by atomic mass is 10.2. The summed E-state index contributed by atoms with van der Waals surface area (Å²) in [5, 5.41) is 16.4. The Morgan fingerprint density at radius 1 is 1.30 bits per heavy atom. The first-order valence-electron chi connectivity index (χ1n) is 6.82. The molecule has 120 valence electrons. The minimum atomic E-state index is -0.531. The third-order valence-corrected chi connectivity index (χ3v) is 3.03. The number of nitrogens with one attached hydrogen (secondary N) is 2. The van der Waals surface area contributed by atoms with Crippen molar-refractivity contribution in [3.05, 3.63) is 58.4 Å². The number of carbonyl (C=O) groups is 1. The Labute approximate surface area is 132 Å². The Kier molecular flexibility index (Phi) is 5.59. The van der Waals surface area contributed by atoms with Gasteiger partial charge < -0.3 is 15.4 Å². The van der Waals surface area contributed by atoms with Crippen LogP contribution < -0.4 is 15.4 Å². The molecule has 1 aromatic heterocycles. The number of amides is 1. The molecule has 0 saturated heterocycles. The Morgan fingerprint density at radius 2 is 2.04 bits per heavy atom. The third kappa shape index (κ3) is 4.75. The minimum absolute atomic E-state index is 0.0637. The summed E-state index contributed by atoms with van der Waals surface area (Å²) in [5.74, 6) is 0.0379. The van der Waals surface area contributed by atoms with Crippen LogP contribution in [0.3, 0.4) is 0 Å². The molecule has 1 aromatic carbocycles. The highest BCUT2D eigenvalue weighted by atomic mass is 16.6. The lowest BCUT2D eigenvalue weighted by molar-refractivity contribution is -0.384. The fraction of sp³-hybridized carbons (Fsp3) is 0.200. The minimum Gasteiger partial charge on any atom is -0.495 e. The van der Waals surface area contributed by atoms with Gasteiger partial charge in [-0.15, -0.1) is 0 Å². The number of methoxy groups -OCH3 is 1. The van der Waals surface area contributed by atoms with Crippen LogP contribution in [-0.2, 0) is 11.3 Å². The molecule has 2 rings (SSSR count). The van der Waals surface area contributed by atoms with E-state index in [1.165, 1.54) is 25.3 Å². The quantitative estimate of drug-likeness (QED) is 0.595. The molecule has 0 saturated carbocycles. The van der Waals surface area contributed by atoms with Gasteiger partial charge in [0.2, 0.25) is 5.91 Å². The van der Waals surface area contributed by atoms with Crippen molar-refractivity contribution in [1.82, 2.24) is 10.3 Å². The first-order valence-corrected chi connectivity index (χ1v) is 6.82. The Balaban J connectivity index is 1.94. The van der Waals surface area contributed by atoms with Gasteiger partial charge in [0.15, 0.2) is 0 Å². The number of hydrogen-bond acceptors (Lipinski definition) is 6. The monoisotopic (exact) mass is 316 g/mol. The van der Waals surface area contributed by atoms with E-state index < -0.39 is 4.92 Å². The smallest absolute Gasteiger partial charge is 0.271 e. The summed E-state index contributed by atoms with van der Waals surface area (Å²) in [7, 11) is 1.43. The predicted octanol–water partition coefficient (Wildman–Crippen LogP) is 1.73. The second-order valence-corrected chi connectivity index (χ2v) is 4.65. The van der Waals surface area contributed by atoms with E-state index in [4.69, 9.17) is 4.74 Å². The van der Waals surface area contributed by atoms with Crippen LogP contribution >= 0.6 is 0 Å². The van der Waals surface area contributed by atoms with Gasteiger partial charge in [0.05, 0.1) is 24.3 Å². The molecule has 2 N–H and O–H groups in total. The van der Waals surface area contributed by atoms with E-state index in [0.29, 0.717) is 12.3 Å². The number of benzene rings is 1. The summed E-state index contributed by atoms with van der Waals surface area (Å²) in [6.45, 7) is 0.580. The molecule has 0 fully saturated rings. The average molecular weight is 316 g/mol. The van der Waals surface area contributed by atoms with Gasteiger partial charge in [0.25, 0.3) is 5.69 Å². The maximum atomic E-state index is 11.9. The van der Waals surface area contributed by atoms with Gasteiger partial charge in [0.1, 0.15) is 5.75 Å². The maximum absolute atomic E-state index is 11.9. The number of aromatic nitrogens is 1. The Hall–Kier alpha value is -3.00. The molecule has 0 aliphatic carbocycles. The van der Waals surface area contributed by atoms with Gasteiger partial charge >= 0.3 is 0 Å². The van der Waals surface area contributed by atoms with E-state index in [9.17, 15) is 14.9 Å². The number of carbonyl (C=O) groups excluding carboxylic acids is 1. The first-order chi connectivity index (χ1) is 11.1. The van der Waals surface area contributed by atoms with Crippen molar-refractivity contribution in [1.29, 1.82) is 0 Å². The molecule has 0 aliphatic rings. The van der Waals surface area contributed by atoms with Crippen LogP contribution in [0.2, 0.25) is 0 Å². The van der Waals surface area contributed by atoms with Crippen LogP contribution in [0, 0.1) is 10.1 Å². The topological polar surface area (TPSA) is 106 Å². The number of anilines is 1. The molecule has 1 heterocycles. The summed E-state index contributed by atoms with van der Waals surface area (Å²) in [6.07, 6.45) is 3.34. The van der Waals surface area contributed by atoms with Gasteiger partial charge in [-0.05, 0) is 23.8 Å². The van der Waals surface area contributed by atoms with Crippen LogP contribution in [0.5, 0.6) is 5.75 Å². The van der Waals surface area contributed by atoms with Crippen molar-refractivity contribution in [3.8, 4) is 5.75 Å². The molecule has 0 bridgehead atoms. The fourth-order valence-electron chi connectivity index (χ4n) is 1.92. The number of pyridine rings is 1. The van der Waals surface area contributed by atoms with E-state index in [1.54, 1.807) is 12.4 Å². The molecule has 1 amide bonds. The lowest BCUT2D eigenvalue weighted by Crippen LogP contribution is -2.27. The molecular weight excluding hydrogens is 300 g/mol. The van der Waals surface area contributed by atoms with Gasteiger partial charge in [-0.3, -0.25) is 19.9 Å². The fourth-order valence-corrected chi connectivity index (χ4v) is 1.92. The van der Waals surface area contributed by atoms with Crippen molar-refractivity contribution in [3.63, 3.8) is 0 Å². The van der Waals surface area contributed by atoms with E-state index in [2.05, 4.69) is 15.6 Å². The SMILES string of the molecule is COc1ccc([N+](=O)[O-])cc1NC(=O)CNCc1ccncc1. The number of rotatable bonds is 7. The van der Waals surface area contributed by atoms with E-state index in [0.717, 1.165) is 5.56 Å². The van der Waals surface area contributed by atoms with Crippen LogP contribution in [0.1, 0.15) is 5.56 Å². The highest BCUT2D eigenvalue weighted by Gasteiger charge is 2.13. The zero-order valence-corrected chi connectivity index (χ0v) is 12.5. The van der Waals surface area contributed by atoms with Crippen LogP contribution in [0.15, 0.2) is 42.7 Å². The summed E-state index contributed by atoms with van der Waals surface area (Å²) in [4.78, 5) is 26.1. The number of nitrogens with zero attached hydrogens (tertiary/aromatic N) is 2. The van der Waals surface area contributed by atoms with Gasteiger partial charge in [0, 0.05) is 31.1 Å². The Morgan fingerprint density at radius 3 is 2.70 bits per heavy atom. The highest BCUT2D eigenvalue weighted by Crippen LogP contribution is 2.28. The molecule has 8 heteroatoms. The first kappa shape index (κ1) is 16.4. The van der Waals surface area contributed by atoms with Crippen LogP contribution in [0.4, 0.5) is 11.4 Å². The molecule has 8 nitrogen and oxygen atoms in total. The molecule has 0 atom stereocenters. The van der Waals surface area contributed by atoms with Gasteiger partial charge in [-0.25, -0.2) is 0 Å². The normalized spacial score (nSPS) is 10.1. The molecular formula is C15H16N4O4. The van der Waals surface area contributed by atoms with Gasteiger partial charge in [-0.2, -0.15) is 0 Å². The molecule has 0 aliphatic heterocycles. The van der Waals surface area contributed by atoms with E-state index in [-0.39, 0.29) is 23.8 Å². The second kappa shape index (κ2) is 7.85. The summed E-state index contributed by atoms with van der Waals surface area (Å²) < 4.78 is 5.09. The van der Waals surface area contributed by atoms with Crippen molar-refractivity contribution in [2.24, 2.45) is 0 Å². The zero-order valence-electron chi connectivity index (χ0n) is 12.5. The Bertz CT molecular complexity index is 691. The van der Waals surface area contributed by atoms with Crippen molar-refractivity contribution < 1.29 is 14.5 Å². The molecule has 2 aromatic rings. The average Bonchev–Trinajstić information content (AvgIpc) is 2.55. The van der Waals surface area contributed by atoms with Crippen molar-refractivity contribution in [2.45, 2.75) is 6.54 Å². The number of nitro groups is 1. The number of ether oxygens (including phenoxy) is 1. The summed E-state index contributed by atoms with van der Waals surface area (Å²) in [6, 6.07) is 7.71. The largest absolute Gasteiger partial charge is 0.495 e. The molecule has 0 spiro atoms. The van der Waals surface area contributed by atoms with Crippen molar-refractivity contribution in [2.75, 3.05) is 19.0 Å². The number of non-ortho nitro benzene ring substituents is 1. The maximum Gasteiger partial charge on any atom is 0.271 e. The number of hydrogen-bond donors (Lipinski definition) is 2.